The minimum absolute atomic E-state index is 0.0285. The Morgan fingerprint density at radius 3 is 2.09 bits per heavy atom. The molecule has 35 heavy (non-hydrogen) atoms. The Morgan fingerprint density at radius 1 is 0.914 bits per heavy atom. The van der Waals surface area contributed by atoms with E-state index in [0.717, 1.165) is 0 Å². The summed E-state index contributed by atoms with van der Waals surface area (Å²) in [6.45, 7) is 0. The van der Waals surface area contributed by atoms with Crippen LogP contribution in [0.5, 0.6) is 23.0 Å². The second-order valence-corrected chi connectivity index (χ2v) is 7.56. The summed E-state index contributed by atoms with van der Waals surface area (Å²) in [4.78, 5) is 26.9. The SMILES string of the molecule is COC(=O)c1c(-c2cc(OC)c(OC)c(OC)c2)c2cccc(O)c2c(=O)n1-c1ccc(N)cc1. The number of phenolic OH excluding ortho intramolecular Hbond substituents is 1. The van der Waals surface area contributed by atoms with Crippen molar-refractivity contribution < 1.29 is 28.8 Å². The van der Waals surface area contributed by atoms with Crippen molar-refractivity contribution in [2.75, 3.05) is 34.2 Å². The third kappa shape index (κ3) is 3.86. The summed E-state index contributed by atoms with van der Waals surface area (Å²) in [5.74, 6) is 0.0551. The van der Waals surface area contributed by atoms with E-state index in [1.807, 2.05) is 0 Å². The van der Waals surface area contributed by atoms with Crippen LogP contribution in [0.25, 0.3) is 27.6 Å². The fraction of sp³-hybridized carbons (Fsp3) is 0.154. The fourth-order valence-electron chi connectivity index (χ4n) is 4.10. The number of aromatic nitrogens is 1. The highest BCUT2D eigenvalue weighted by Gasteiger charge is 2.28. The van der Waals surface area contributed by atoms with Gasteiger partial charge in [0.2, 0.25) is 5.75 Å². The molecule has 1 heterocycles. The first kappa shape index (κ1) is 23.5. The van der Waals surface area contributed by atoms with Crippen molar-refractivity contribution in [3.63, 3.8) is 0 Å². The molecule has 0 radical (unpaired) electrons. The Balaban J connectivity index is 2.26. The number of hydrogen-bond acceptors (Lipinski definition) is 8. The summed E-state index contributed by atoms with van der Waals surface area (Å²) >= 11 is 0. The number of carbonyl (C=O) groups is 1. The van der Waals surface area contributed by atoms with E-state index < -0.39 is 11.5 Å². The summed E-state index contributed by atoms with van der Waals surface area (Å²) in [6, 6.07) is 14.4. The Hall–Kier alpha value is -4.66. The van der Waals surface area contributed by atoms with Crippen LogP contribution in [0.15, 0.2) is 59.4 Å². The van der Waals surface area contributed by atoms with Crippen molar-refractivity contribution in [1.29, 1.82) is 0 Å². The average molecular weight is 476 g/mol. The van der Waals surface area contributed by atoms with Gasteiger partial charge in [0, 0.05) is 22.3 Å². The third-order valence-electron chi connectivity index (χ3n) is 5.67. The van der Waals surface area contributed by atoms with E-state index >= 15 is 0 Å². The molecule has 0 unspecified atom stereocenters. The monoisotopic (exact) mass is 476 g/mol. The first-order valence-corrected chi connectivity index (χ1v) is 10.5. The van der Waals surface area contributed by atoms with Crippen LogP contribution < -0.4 is 25.5 Å². The second-order valence-electron chi connectivity index (χ2n) is 7.56. The Labute approximate surface area is 200 Å². The first-order chi connectivity index (χ1) is 16.9. The Kier molecular flexibility index (Phi) is 6.24. The van der Waals surface area contributed by atoms with Crippen molar-refractivity contribution >= 4 is 22.4 Å². The predicted octanol–water partition coefficient (Wildman–Crippen LogP) is 3.76. The summed E-state index contributed by atoms with van der Waals surface area (Å²) in [5, 5.41) is 11.1. The molecule has 3 N–H and O–H groups in total. The van der Waals surface area contributed by atoms with E-state index in [1.165, 1.54) is 39.1 Å². The van der Waals surface area contributed by atoms with Gasteiger partial charge in [0.1, 0.15) is 11.4 Å². The highest BCUT2D eigenvalue weighted by Crippen LogP contribution is 2.44. The highest BCUT2D eigenvalue weighted by atomic mass is 16.5. The number of benzene rings is 3. The summed E-state index contributed by atoms with van der Waals surface area (Å²) < 4.78 is 22.7. The summed E-state index contributed by atoms with van der Waals surface area (Å²) in [5.41, 5.74) is 6.84. The van der Waals surface area contributed by atoms with Crippen LogP contribution in [0, 0.1) is 0 Å². The fourth-order valence-corrected chi connectivity index (χ4v) is 4.10. The highest BCUT2D eigenvalue weighted by molar-refractivity contribution is 6.08. The number of nitrogens with two attached hydrogens (primary N) is 1. The number of nitrogen functional groups attached to an aromatic ring is 1. The molecule has 0 fully saturated rings. The van der Waals surface area contributed by atoms with Crippen LogP contribution in [0.2, 0.25) is 0 Å². The number of fused-ring (bicyclic) bond motifs is 1. The smallest absolute Gasteiger partial charge is 0.355 e. The lowest BCUT2D eigenvalue weighted by Crippen LogP contribution is -2.27. The maximum absolute atomic E-state index is 13.7. The number of carbonyl (C=O) groups excluding carboxylic acids is 1. The van der Waals surface area contributed by atoms with E-state index in [0.29, 0.717) is 45.1 Å². The van der Waals surface area contributed by atoms with Gasteiger partial charge in [-0.25, -0.2) is 4.79 Å². The summed E-state index contributed by atoms with van der Waals surface area (Å²) in [7, 11) is 5.66. The van der Waals surface area contributed by atoms with Gasteiger partial charge in [0.15, 0.2) is 11.5 Å². The van der Waals surface area contributed by atoms with Gasteiger partial charge in [-0.3, -0.25) is 9.36 Å². The molecule has 0 aliphatic carbocycles. The van der Waals surface area contributed by atoms with Crippen molar-refractivity contribution in [1.82, 2.24) is 4.57 Å². The molecule has 4 rings (SSSR count). The van der Waals surface area contributed by atoms with Crippen molar-refractivity contribution in [2.24, 2.45) is 0 Å². The predicted molar refractivity (Wildman–Crippen MR) is 132 cm³/mol. The van der Waals surface area contributed by atoms with E-state index in [-0.39, 0.29) is 16.8 Å². The van der Waals surface area contributed by atoms with Crippen molar-refractivity contribution in [2.45, 2.75) is 0 Å². The van der Waals surface area contributed by atoms with Crippen LogP contribution in [-0.2, 0) is 4.74 Å². The molecular weight excluding hydrogens is 452 g/mol. The van der Waals surface area contributed by atoms with Crippen LogP contribution in [0.1, 0.15) is 10.5 Å². The molecule has 0 aliphatic rings. The van der Waals surface area contributed by atoms with E-state index in [4.69, 9.17) is 24.7 Å². The van der Waals surface area contributed by atoms with Gasteiger partial charge >= 0.3 is 5.97 Å². The molecule has 9 heteroatoms. The lowest BCUT2D eigenvalue weighted by atomic mass is 9.95. The normalized spacial score (nSPS) is 10.7. The van der Waals surface area contributed by atoms with Gasteiger partial charge < -0.3 is 29.8 Å². The van der Waals surface area contributed by atoms with Gasteiger partial charge in [-0.15, -0.1) is 0 Å². The first-order valence-electron chi connectivity index (χ1n) is 10.5. The van der Waals surface area contributed by atoms with Gasteiger partial charge in [-0.2, -0.15) is 0 Å². The molecule has 0 saturated carbocycles. The van der Waals surface area contributed by atoms with Gasteiger partial charge in [0.25, 0.3) is 5.56 Å². The zero-order valence-electron chi connectivity index (χ0n) is 19.6. The molecule has 1 aromatic heterocycles. The molecule has 9 nitrogen and oxygen atoms in total. The number of phenols is 1. The number of ether oxygens (including phenoxy) is 4. The molecular formula is C26H24N2O7. The van der Waals surface area contributed by atoms with Gasteiger partial charge in [-0.05, 0) is 48.0 Å². The standard InChI is InChI=1S/C26H24N2O7/c1-32-19-12-14(13-20(33-2)24(19)34-3)21-17-6-5-7-18(29)22(17)25(30)28(23(21)26(31)35-4)16-10-8-15(27)9-11-16/h5-13,29H,27H2,1-4H3. The number of anilines is 1. The zero-order valence-corrected chi connectivity index (χ0v) is 19.6. The van der Waals surface area contributed by atoms with Gasteiger partial charge in [-0.1, -0.05) is 12.1 Å². The van der Waals surface area contributed by atoms with E-state index in [1.54, 1.807) is 48.5 Å². The molecule has 0 atom stereocenters. The molecule has 0 aliphatic heterocycles. The van der Waals surface area contributed by atoms with E-state index in [2.05, 4.69) is 0 Å². The number of aromatic hydroxyl groups is 1. The minimum Gasteiger partial charge on any atom is -0.507 e. The number of esters is 1. The van der Waals surface area contributed by atoms with E-state index in [9.17, 15) is 14.7 Å². The van der Waals surface area contributed by atoms with Crippen LogP contribution in [0.3, 0.4) is 0 Å². The Bertz CT molecular complexity index is 1470. The lowest BCUT2D eigenvalue weighted by Gasteiger charge is -2.21. The zero-order chi connectivity index (χ0) is 25.3. The minimum atomic E-state index is -0.757. The maximum atomic E-state index is 13.7. The maximum Gasteiger partial charge on any atom is 0.355 e. The molecule has 4 aromatic rings. The number of nitrogens with zero attached hydrogens (tertiary/aromatic N) is 1. The number of hydrogen-bond donors (Lipinski definition) is 2. The number of pyridine rings is 1. The molecule has 0 amide bonds. The second kappa shape index (κ2) is 9.30. The number of rotatable bonds is 6. The van der Waals surface area contributed by atoms with Crippen LogP contribution in [0.4, 0.5) is 5.69 Å². The van der Waals surface area contributed by atoms with Crippen LogP contribution >= 0.6 is 0 Å². The van der Waals surface area contributed by atoms with Gasteiger partial charge in [0.05, 0.1) is 33.8 Å². The summed E-state index contributed by atoms with van der Waals surface area (Å²) in [6.07, 6.45) is 0. The molecule has 0 saturated heterocycles. The topological polar surface area (TPSA) is 122 Å². The molecule has 0 spiro atoms. The largest absolute Gasteiger partial charge is 0.507 e. The van der Waals surface area contributed by atoms with Crippen molar-refractivity contribution in [3.05, 3.63) is 70.6 Å². The molecule has 3 aromatic carbocycles. The average Bonchev–Trinajstić information content (AvgIpc) is 2.87. The third-order valence-corrected chi connectivity index (χ3v) is 5.67. The Morgan fingerprint density at radius 2 is 1.54 bits per heavy atom. The quantitative estimate of drug-likeness (QED) is 0.319. The van der Waals surface area contributed by atoms with Crippen LogP contribution in [-0.4, -0.2) is 44.1 Å². The lowest BCUT2D eigenvalue weighted by molar-refractivity contribution is 0.0591. The number of methoxy groups -OCH3 is 4. The van der Waals surface area contributed by atoms with Crippen molar-refractivity contribution in [3.8, 4) is 39.8 Å². The molecule has 0 bridgehead atoms. The molecule has 180 valence electrons.